The number of hydrogen-bond acceptors (Lipinski definition) is 5. The zero-order valence-electron chi connectivity index (χ0n) is 22.3. The van der Waals surface area contributed by atoms with Gasteiger partial charge in [-0.1, -0.05) is 75.7 Å². The molecule has 4 rings (SSSR count). The number of rotatable bonds is 9. The third-order valence-electron chi connectivity index (χ3n) is 7.76. The van der Waals surface area contributed by atoms with E-state index in [1.807, 2.05) is 25.5 Å². The van der Waals surface area contributed by atoms with Crippen molar-refractivity contribution in [2.24, 2.45) is 13.0 Å². The largest absolute Gasteiger partial charge is 0.342 e. The van der Waals surface area contributed by atoms with Crippen molar-refractivity contribution in [1.29, 1.82) is 0 Å². The second-order valence-corrected chi connectivity index (χ2v) is 12.2. The first-order chi connectivity index (χ1) is 17.8. The molecule has 2 amide bonds. The predicted molar refractivity (Wildman–Crippen MR) is 149 cm³/mol. The van der Waals surface area contributed by atoms with Crippen molar-refractivity contribution in [1.82, 2.24) is 25.0 Å². The minimum Gasteiger partial charge on any atom is -0.342 e. The lowest BCUT2D eigenvalue weighted by atomic mass is 9.88. The van der Waals surface area contributed by atoms with Crippen LogP contribution in [0.5, 0.6) is 0 Å². The fourth-order valence-corrected chi connectivity index (χ4v) is 6.62. The van der Waals surface area contributed by atoms with Crippen LogP contribution in [0.15, 0.2) is 29.4 Å². The Morgan fingerprint density at radius 2 is 1.57 bits per heavy atom. The molecule has 0 radical (unpaired) electrons. The number of thioether (sulfide) groups is 1. The second kappa shape index (κ2) is 13.1. The van der Waals surface area contributed by atoms with E-state index in [9.17, 15) is 9.59 Å². The van der Waals surface area contributed by atoms with Gasteiger partial charge in [-0.2, -0.15) is 0 Å². The predicted octanol–water partition coefficient (Wildman–Crippen LogP) is 6.18. The van der Waals surface area contributed by atoms with Crippen molar-refractivity contribution >= 4 is 35.2 Å². The Hall–Kier alpha value is -2.06. The Bertz CT molecular complexity index is 1030. The van der Waals surface area contributed by atoms with E-state index in [0.29, 0.717) is 39.4 Å². The van der Waals surface area contributed by atoms with Crippen molar-refractivity contribution < 1.29 is 9.59 Å². The third-order valence-corrected chi connectivity index (χ3v) is 9.01. The van der Waals surface area contributed by atoms with Gasteiger partial charge in [-0.3, -0.25) is 9.59 Å². The normalized spacial score (nSPS) is 18.1. The zero-order valence-corrected chi connectivity index (χ0v) is 23.9. The summed E-state index contributed by atoms with van der Waals surface area (Å²) in [6.07, 6.45) is 12.0. The van der Waals surface area contributed by atoms with Crippen molar-refractivity contribution in [3.8, 4) is 0 Å². The summed E-state index contributed by atoms with van der Waals surface area (Å²) in [5, 5.41) is 13.2. The zero-order chi connectivity index (χ0) is 26.4. The fraction of sp³-hybridized carbons (Fsp3) is 0.643. The molecule has 0 unspecified atom stereocenters. The van der Waals surface area contributed by atoms with Crippen LogP contribution in [-0.2, 0) is 11.8 Å². The molecule has 1 aromatic heterocycles. The summed E-state index contributed by atoms with van der Waals surface area (Å²) in [6.45, 7) is 4.09. The molecule has 1 aromatic carbocycles. The molecule has 2 fully saturated rings. The van der Waals surface area contributed by atoms with Crippen LogP contribution in [0.3, 0.4) is 0 Å². The van der Waals surface area contributed by atoms with E-state index in [1.54, 1.807) is 24.3 Å². The summed E-state index contributed by atoms with van der Waals surface area (Å²) < 4.78 is 1.91. The lowest BCUT2D eigenvalue weighted by Crippen LogP contribution is -2.49. The van der Waals surface area contributed by atoms with Gasteiger partial charge in [-0.05, 0) is 55.9 Å². The van der Waals surface area contributed by atoms with E-state index in [4.69, 9.17) is 11.6 Å². The number of benzene rings is 1. The summed E-state index contributed by atoms with van der Waals surface area (Å²) in [7, 11) is 1.91. The summed E-state index contributed by atoms with van der Waals surface area (Å²) >= 11 is 7.42. The molecule has 2 saturated carbocycles. The molecule has 7 nitrogen and oxygen atoms in total. The van der Waals surface area contributed by atoms with Gasteiger partial charge in [0.25, 0.3) is 5.91 Å². The molecular formula is C28H40ClN5O2S. The fourth-order valence-electron chi connectivity index (χ4n) is 5.70. The van der Waals surface area contributed by atoms with Crippen molar-refractivity contribution in [3.05, 3.63) is 40.7 Å². The van der Waals surface area contributed by atoms with Crippen molar-refractivity contribution in [2.45, 2.75) is 101 Å². The van der Waals surface area contributed by atoms with E-state index in [-0.39, 0.29) is 23.8 Å². The summed E-state index contributed by atoms with van der Waals surface area (Å²) in [5.41, 5.74) is 0.544. The lowest BCUT2D eigenvalue weighted by Gasteiger charge is -2.41. The van der Waals surface area contributed by atoms with Crippen molar-refractivity contribution in [2.75, 3.05) is 5.75 Å². The highest BCUT2D eigenvalue weighted by atomic mass is 35.5. The van der Waals surface area contributed by atoms with E-state index in [1.165, 1.54) is 50.3 Å². The maximum atomic E-state index is 13.6. The van der Waals surface area contributed by atoms with Gasteiger partial charge in [0, 0.05) is 29.7 Å². The average Bonchev–Trinajstić information content (AvgIpc) is 3.27. The second-order valence-electron chi connectivity index (χ2n) is 10.8. The maximum Gasteiger partial charge on any atom is 0.251 e. The molecule has 202 valence electrons. The van der Waals surface area contributed by atoms with Gasteiger partial charge in [0.05, 0.1) is 11.8 Å². The topological polar surface area (TPSA) is 80.1 Å². The monoisotopic (exact) mass is 545 g/mol. The highest BCUT2D eigenvalue weighted by Crippen LogP contribution is 2.32. The van der Waals surface area contributed by atoms with Gasteiger partial charge in [0.15, 0.2) is 11.0 Å². The molecule has 0 spiro atoms. The van der Waals surface area contributed by atoms with Gasteiger partial charge in [-0.15, -0.1) is 10.2 Å². The van der Waals surface area contributed by atoms with Crippen LogP contribution < -0.4 is 5.32 Å². The van der Waals surface area contributed by atoms with E-state index < -0.39 is 0 Å². The third kappa shape index (κ3) is 7.08. The number of aromatic nitrogens is 3. The number of carbonyl (C=O) groups excluding carboxylic acids is 2. The van der Waals surface area contributed by atoms with E-state index in [2.05, 4.69) is 20.4 Å². The van der Waals surface area contributed by atoms with Crippen LogP contribution in [0.25, 0.3) is 0 Å². The first kappa shape index (κ1) is 28.0. The molecule has 9 heteroatoms. The van der Waals surface area contributed by atoms with Crippen LogP contribution in [-0.4, -0.2) is 49.3 Å². The van der Waals surface area contributed by atoms with E-state index >= 15 is 0 Å². The van der Waals surface area contributed by atoms with Gasteiger partial charge in [0.1, 0.15) is 0 Å². The van der Waals surface area contributed by atoms with Gasteiger partial charge >= 0.3 is 0 Å². The van der Waals surface area contributed by atoms with Crippen LogP contribution in [0.4, 0.5) is 0 Å². The average molecular weight is 546 g/mol. The Balaban J connectivity index is 1.43. The molecule has 0 aliphatic heterocycles. The minimum atomic E-state index is -0.313. The number of amides is 2. The number of nitrogens with zero attached hydrogens (tertiary/aromatic N) is 4. The smallest absolute Gasteiger partial charge is 0.251 e. The molecule has 2 aromatic rings. The Morgan fingerprint density at radius 3 is 2.11 bits per heavy atom. The maximum absolute atomic E-state index is 13.6. The molecule has 2 aliphatic carbocycles. The summed E-state index contributed by atoms with van der Waals surface area (Å²) in [4.78, 5) is 28.7. The quantitative estimate of drug-likeness (QED) is 0.380. The van der Waals surface area contributed by atoms with Crippen LogP contribution in [0.2, 0.25) is 5.02 Å². The molecule has 0 bridgehead atoms. The Kier molecular flexibility index (Phi) is 9.93. The number of nitrogens with one attached hydrogen (secondary N) is 1. The van der Waals surface area contributed by atoms with Gasteiger partial charge < -0.3 is 14.8 Å². The first-order valence-corrected chi connectivity index (χ1v) is 15.1. The number of hydrogen-bond donors (Lipinski definition) is 1. The highest BCUT2D eigenvalue weighted by molar-refractivity contribution is 7.99. The highest BCUT2D eigenvalue weighted by Gasteiger charge is 2.33. The Labute approximate surface area is 230 Å². The minimum absolute atomic E-state index is 0.103. The standard InChI is InChI=1S/C28H40ClN5O2S/c1-19(2)25(30-27(36)20-14-16-21(29)17-15-20)26-31-32-28(33(26)3)37-18-24(35)34(22-10-6-4-7-11-22)23-12-8-5-9-13-23/h14-17,19,22-23,25H,4-13,18H2,1-3H3,(H,30,36)/t25-/m1/s1. The van der Waals surface area contributed by atoms with Crippen LogP contribution in [0.1, 0.15) is 100 Å². The molecule has 1 heterocycles. The van der Waals surface area contributed by atoms with Crippen LogP contribution in [0, 0.1) is 5.92 Å². The van der Waals surface area contributed by atoms with Gasteiger partial charge in [-0.25, -0.2) is 0 Å². The molecule has 2 aliphatic rings. The van der Waals surface area contributed by atoms with Crippen molar-refractivity contribution in [3.63, 3.8) is 0 Å². The molecule has 1 atom stereocenters. The number of carbonyl (C=O) groups is 2. The Morgan fingerprint density at radius 1 is 1.00 bits per heavy atom. The summed E-state index contributed by atoms with van der Waals surface area (Å²) in [6, 6.07) is 7.29. The first-order valence-electron chi connectivity index (χ1n) is 13.7. The molecular weight excluding hydrogens is 506 g/mol. The molecule has 37 heavy (non-hydrogen) atoms. The SMILES string of the molecule is CC(C)[C@@H](NC(=O)c1ccc(Cl)cc1)c1nnc(SCC(=O)N(C2CCCCC2)C2CCCCC2)n1C. The molecule has 1 N–H and O–H groups in total. The summed E-state index contributed by atoms with van der Waals surface area (Å²) in [5.74, 6) is 1.20. The van der Waals surface area contributed by atoms with E-state index in [0.717, 1.165) is 25.7 Å². The van der Waals surface area contributed by atoms with Gasteiger partial charge in [0.2, 0.25) is 5.91 Å². The van der Waals surface area contributed by atoms with Crippen LogP contribution >= 0.6 is 23.4 Å². The number of halogens is 1. The molecule has 0 saturated heterocycles. The lowest BCUT2D eigenvalue weighted by molar-refractivity contribution is -0.135.